The van der Waals surface area contributed by atoms with Gasteiger partial charge in [0.2, 0.25) is 27.7 Å². The lowest BCUT2D eigenvalue weighted by Crippen LogP contribution is -2.49. The van der Waals surface area contributed by atoms with Gasteiger partial charge in [-0.2, -0.15) is 0 Å². The Morgan fingerprint density at radius 2 is 0.706 bits per heavy atom. The third-order valence-electron chi connectivity index (χ3n) is 20.7. The van der Waals surface area contributed by atoms with Crippen LogP contribution in [0, 0.1) is 64.6 Å². The number of imide groups is 1. The highest BCUT2D eigenvalue weighted by Gasteiger charge is 2.49. The van der Waals surface area contributed by atoms with Gasteiger partial charge in [-0.3, -0.25) is 63.3 Å². The first-order valence-electron chi connectivity index (χ1n) is 32.0. The van der Waals surface area contributed by atoms with Gasteiger partial charge in [0.25, 0.3) is 5.91 Å². The number of nitrogens with two attached hydrogens (primary N) is 1. The van der Waals surface area contributed by atoms with Crippen LogP contribution in [0.2, 0.25) is 0 Å². The van der Waals surface area contributed by atoms with Crippen LogP contribution in [-0.4, -0.2) is 208 Å². The van der Waals surface area contributed by atoms with Crippen LogP contribution in [0.15, 0.2) is 0 Å². The Labute approximate surface area is 531 Å². The molecular weight excluding hydrogens is 1170 g/mol. The quantitative estimate of drug-likeness (QED) is 0.149. The second-order valence-electron chi connectivity index (χ2n) is 27.5. The van der Waals surface area contributed by atoms with E-state index in [0.717, 1.165) is 83.4 Å². The van der Waals surface area contributed by atoms with Crippen molar-refractivity contribution in [3.05, 3.63) is 0 Å². The minimum absolute atomic E-state index is 0. The molecule has 15 atom stereocenters. The van der Waals surface area contributed by atoms with Crippen LogP contribution in [0.1, 0.15) is 170 Å². The van der Waals surface area contributed by atoms with Crippen molar-refractivity contribution in [1.82, 2.24) is 39.4 Å². The molecule has 0 aromatic rings. The zero-order valence-electron chi connectivity index (χ0n) is 54.0. The summed E-state index contributed by atoms with van der Waals surface area (Å²) in [6.45, 7) is 20.6. The van der Waals surface area contributed by atoms with Gasteiger partial charge < -0.3 is 20.8 Å². The monoisotopic (exact) mass is 1280 g/mol. The zero-order chi connectivity index (χ0) is 60.8. The first-order valence-corrected chi connectivity index (χ1v) is 33.9. The van der Waals surface area contributed by atoms with E-state index in [0.29, 0.717) is 53.3 Å². The Bertz CT molecular complexity index is 2100. The topological polar surface area (TPSA) is 247 Å². The fraction of sp³-hybridized carbons (Fsp3) is 0.903. The van der Waals surface area contributed by atoms with Gasteiger partial charge in [-0.1, -0.05) is 106 Å². The number of hydrogen-bond acceptors (Lipinski definition) is 14. The Morgan fingerprint density at radius 3 is 0.953 bits per heavy atom. The van der Waals surface area contributed by atoms with Crippen molar-refractivity contribution >= 4 is 82.8 Å². The molecule has 4 amide bonds. The average molecular weight is 1290 g/mol. The molecular formula is C62H116Cl3N9O10S. The number of amides is 4. The van der Waals surface area contributed by atoms with Gasteiger partial charge in [0.05, 0.1) is 24.4 Å². The zero-order valence-corrected chi connectivity index (χ0v) is 57.3. The summed E-state index contributed by atoms with van der Waals surface area (Å²) in [5.41, 5.74) is 4.90. The highest BCUT2D eigenvalue weighted by atomic mass is 35.5. The fourth-order valence-electron chi connectivity index (χ4n) is 16.7. The summed E-state index contributed by atoms with van der Waals surface area (Å²) in [6, 6.07) is -0.771. The van der Waals surface area contributed by atoms with E-state index < -0.39 is 27.4 Å². The molecule has 5 saturated carbocycles. The maximum Gasteiger partial charge on any atom is 0.321 e. The molecule has 85 heavy (non-hydrogen) atoms. The predicted molar refractivity (Wildman–Crippen MR) is 345 cm³/mol. The van der Waals surface area contributed by atoms with Gasteiger partial charge in [0.1, 0.15) is 12.1 Å². The number of likely N-dealkylation sites (tertiary alicyclic amines) is 5. The van der Waals surface area contributed by atoms with Gasteiger partial charge in [-0.15, -0.1) is 37.2 Å². The lowest BCUT2D eigenvalue weighted by Gasteiger charge is -2.29. The summed E-state index contributed by atoms with van der Waals surface area (Å²) in [4.78, 5) is 82.3. The third kappa shape index (κ3) is 21.9. The molecule has 5 heterocycles. The molecule has 0 unspecified atom stereocenters. The molecule has 5 saturated heterocycles. The fourth-order valence-corrected chi connectivity index (χ4v) is 17.2. The third-order valence-corrected chi connectivity index (χ3v) is 21.3. The summed E-state index contributed by atoms with van der Waals surface area (Å²) in [7, 11) is 6.37. The number of hydrogen-bond donors (Lipinski definition) is 5. The van der Waals surface area contributed by atoms with Crippen molar-refractivity contribution in [3.8, 4) is 0 Å². The molecule has 0 aromatic carbocycles. The van der Waals surface area contributed by atoms with Crippen molar-refractivity contribution in [1.29, 1.82) is 0 Å². The second kappa shape index (κ2) is 36.4. The number of carbonyl (C=O) groups excluding carboxylic acids is 4. The molecule has 19 nitrogen and oxygen atoms in total. The Kier molecular flexibility index (Phi) is 33.7. The highest BCUT2D eigenvalue weighted by Crippen LogP contribution is 2.44. The first-order chi connectivity index (χ1) is 38.6. The minimum Gasteiger partial charge on any atom is -0.480 e. The summed E-state index contributed by atoms with van der Waals surface area (Å²) < 4.78 is 24.3. The second-order valence-corrected chi connectivity index (χ2v) is 29.2. The summed E-state index contributed by atoms with van der Waals surface area (Å²) >= 11 is 0. The van der Waals surface area contributed by atoms with Gasteiger partial charge in [-0.25, -0.2) is 8.42 Å². The van der Waals surface area contributed by atoms with Crippen LogP contribution in [0.3, 0.4) is 0 Å². The number of carboxylic acids is 2. The van der Waals surface area contributed by atoms with E-state index in [4.69, 9.17) is 15.9 Å². The number of carbonyl (C=O) groups is 6. The number of nitrogens with one attached hydrogen (secondary N) is 2. The van der Waals surface area contributed by atoms with Crippen molar-refractivity contribution in [3.63, 3.8) is 0 Å². The van der Waals surface area contributed by atoms with E-state index in [9.17, 15) is 37.2 Å². The maximum atomic E-state index is 12.4. The van der Waals surface area contributed by atoms with Crippen LogP contribution < -0.4 is 15.8 Å². The molecule has 0 bridgehead atoms. The van der Waals surface area contributed by atoms with Gasteiger partial charge in [0, 0.05) is 38.1 Å². The Morgan fingerprint density at radius 1 is 0.459 bits per heavy atom. The first kappa shape index (κ1) is 78.7. The van der Waals surface area contributed by atoms with Crippen LogP contribution >= 0.6 is 37.2 Å². The van der Waals surface area contributed by atoms with Crippen LogP contribution in [0.25, 0.3) is 0 Å². The molecule has 10 aliphatic rings. The molecule has 10 rings (SSSR count). The summed E-state index contributed by atoms with van der Waals surface area (Å²) in [6.07, 6.45) is 25.3. The SMILES string of the molecule is CCN(CC)CC.CN1C[C@@H]2CCCC[C@@H]2[C@@H]1C(=O)NC(=O)C(C)(C)C.CN1C[C@@H]2CCCC[C@@H]2[C@@H]1C(=O)NS(C)(=O)=O.CN1C[C@@H]2CCCC[C@@H]2[C@@H]1C(=O)O.CN1C[C@@H]2CCCC[C@@H]2[C@@H]1C(=O)O.CN1C[C@@H]2CCCC[C@@H]2[C@@H]1C(N)=O.Cl.Cl.Cl. The minimum atomic E-state index is -3.45. The number of nitrogens with zero attached hydrogens (tertiary/aromatic N) is 6. The maximum absolute atomic E-state index is 12.4. The van der Waals surface area contributed by atoms with Crippen LogP contribution in [-0.2, 0) is 38.8 Å². The van der Waals surface area contributed by atoms with Gasteiger partial charge >= 0.3 is 11.9 Å². The number of fused-ring (bicyclic) bond motifs is 5. The molecule has 0 radical (unpaired) electrons. The van der Waals surface area contributed by atoms with E-state index in [1.165, 1.54) is 110 Å². The van der Waals surface area contributed by atoms with E-state index in [1.807, 2.05) is 70.7 Å². The molecule has 6 N–H and O–H groups in total. The molecule has 0 spiro atoms. The molecule has 5 aliphatic carbocycles. The van der Waals surface area contributed by atoms with Crippen molar-refractivity contribution in [2.24, 2.45) is 70.3 Å². The van der Waals surface area contributed by atoms with Crippen LogP contribution in [0.4, 0.5) is 0 Å². The van der Waals surface area contributed by atoms with E-state index in [-0.39, 0.29) is 91.1 Å². The molecule has 496 valence electrons. The number of rotatable bonds is 9. The molecule has 0 aromatic heterocycles. The number of carboxylic acid groups (broad SMARTS) is 2. The van der Waals surface area contributed by atoms with Crippen molar-refractivity contribution in [2.75, 3.05) is 93.9 Å². The van der Waals surface area contributed by atoms with E-state index in [1.54, 1.807) is 0 Å². The number of likely N-dealkylation sites (N-methyl/N-ethyl adjacent to an activating group) is 5. The lowest BCUT2D eigenvalue weighted by molar-refractivity contribution is -0.144. The Hall–Kier alpha value is -2.40. The normalized spacial score (nSPS) is 33.3. The number of aliphatic carboxylic acids is 2. The lowest BCUT2D eigenvalue weighted by atomic mass is 9.78. The number of halogens is 3. The summed E-state index contributed by atoms with van der Waals surface area (Å²) in [5.74, 6) is 3.39. The van der Waals surface area contributed by atoms with Gasteiger partial charge in [0.15, 0.2) is 0 Å². The largest absolute Gasteiger partial charge is 0.480 e. The summed E-state index contributed by atoms with van der Waals surface area (Å²) in [5, 5.41) is 20.8. The highest BCUT2D eigenvalue weighted by molar-refractivity contribution is 7.89. The molecule has 10 fully saturated rings. The molecule has 5 aliphatic heterocycles. The van der Waals surface area contributed by atoms with Crippen molar-refractivity contribution < 1.29 is 47.4 Å². The smallest absolute Gasteiger partial charge is 0.321 e. The predicted octanol–water partition coefficient (Wildman–Crippen LogP) is 7.57. The van der Waals surface area contributed by atoms with E-state index in [2.05, 4.69) is 45.5 Å². The standard InChI is InChI=1S/C15H26N2O2.C11H20N2O3S.C10H18N2O.2C10H17NO2.C6H15N.3ClH/c1-15(2,3)14(19)16-13(18)12-11-8-6-5-7-10(11)9-17(12)4;1-13-7-8-5-3-4-6-9(8)10(13)11(14)12-17(2,15)16;1-12-6-7-4-2-3-5-8(7)9(12)10(11)13;2*1-11-6-7-4-2-3-5-8(7)9(11)10(12)13;1-4-7(5-2)6-3;;;/h10-12H,5-9H2,1-4H3,(H,16,18,19);8-10H,3-7H2,1-2H3,(H,12,14);7-9H,2-6H2,1H3,(H2,11,13);2*7-9H,2-6H2,1H3,(H,12,13);4-6H2,1-3H3;3*1H/t10-,11-,12+;8-,9-,10+;3*7-,8-,9+;;;;/m00000..../s1. The van der Waals surface area contributed by atoms with Crippen molar-refractivity contribution in [2.45, 2.75) is 200 Å². The Balaban J connectivity index is 0.000000352. The molecule has 23 heteroatoms. The average Bonchev–Trinajstić information content (AvgIpc) is 4.30. The number of primary amides is 1. The number of sulfonamides is 1. The van der Waals surface area contributed by atoms with Gasteiger partial charge in [-0.05, 0) is 178 Å². The van der Waals surface area contributed by atoms with E-state index >= 15 is 0 Å². The van der Waals surface area contributed by atoms with Crippen LogP contribution in [0.5, 0.6) is 0 Å².